The van der Waals surface area contributed by atoms with Crippen molar-refractivity contribution in [1.29, 1.82) is 0 Å². The number of para-hydroxylation sites is 1. The summed E-state index contributed by atoms with van der Waals surface area (Å²) in [6.07, 6.45) is 1.37. The van der Waals surface area contributed by atoms with E-state index in [1.165, 1.54) is 12.3 Å². The number of aryl methyl sites for hydroxylation is 2. The summed E-state index contributed by atoms with van der Waals surface area (Å²) >= 11 is 3.36. The lowest BCUT2D eigenvalue weighted by molar-refractivity contribution is -0.385. The minimum absolute atomic E-state index is 0.0787. The van der Waals surface area contributed by atoms with E-state index in [1.54, 1.807) is 31.2 Å². The molecule has 0 spiro atoms. The van der Waals surface area contributed by atoms with Gasteiger partial charge in [0.05, 0.1) is 22.0 Å². The molecule has 8 nitrogen and oxygen atoms in total. The van der Waals surface area contributed by atoms with Gasteiger partial charge in [0.1, 0.15) is 12.4 Å². The lowest BCUT2D eigenvalue weighted by atomic mass is 10.1. The Kier molecular flexibility index (Phi) is 6.32. The first-order valence-corrected chi connectivity index (χ1v) is 10.8. The predicted molar refractivity (Wildman–Crippen MR) is 130 cm³/mol. The Morgan fingerprint density at radius 1 is 1.15 bits per heavy atom. The molecule has 0 fully saturated rings. The molecule has 1 aromatic heterocycles. The van der Waals surface area contributed by atoms with Gasteiger partial charge in [-0.05, 0) is 43.7 Å². The maximum absolute atomic E-state index is 13.0. The van der Waals surface area contributed by atoms with Gasteiger partial charge in [-0.3, -0.25) is 14.9 Å². The molecule has 0 amide bonds. The Labute approximate surface area is 197 Å². The van der Waals surface area contributed by atoms with Gasteiger partial charge in [-0.25, -0.2) is 4.98 Å². The van der Waals surface area contributed by atoms with E-state index in [4.69, 9.17) is 4.74 Å². The highest BCUT2D eigenvalue weighted by Gasteiger charge is 2.19. The number of nitrogens with zero attached hydrogens (tertiary/aromatic N) is 4. The summed E-state index contributed by atoms with van der Waals surface area (Å²) in [6.45, 7) is 3.78. The van der Waals surface area contributed by atoms with Crippen molar-refractivity contribution in [3.05, 3.63) is 108 Å². The van der Waals surface area contributed by atoms with Crippen LogP contribution in [0.5, 0.6) is 5.75 Å². The second-order valence-corrected chi connectivity index (χ2v) is 8.33. The average Bonchev–Trinajstić information content (AvgIpc) is 2.78. The van der Waals surface area contributed by atoms with E-state index in [2.05, 4.69) is 26.0 Å². The standard InChI is InChI=1S/C24H19BrN4O4/c1-15-5-3-6-17(11-15)14-33-23-18(7-4-8-22(23)29(31)32)13-26-28-16(2)27-21-10-9-19(25)12-20(21)24(28)30/h3-13H,14H2,1-2H3. The fourth-order valence-electron chi connectivity index (χ4n) is 3.42. The second-order valence-electron chi connectivity index (χ2n) is 7.41. The molecule has 4 aromatic rings. The molecule has 0 bridgehead atoms. The minimum atomic E-state index is -0.505. The van der Waals surface area contributed by atoms with Gasteiger partial charge in [0.2, 0.25) is 5.75 Å². The van der Waals surface area contributed by atoms with E-state index in [-0.39, 0.29) is 23.6 Å². The second kappa shape index (κ2) is 9.33. The van der Waals surface area contributed by atoms with Crippen LogP contribution in [0.2, 0.25) is 0 Å². The molecule has 0 aliphatic carbocycles. The molecule has 4 rings (SSSR count). The molecule has 166 valence electrons. The summed E-state index contributed by atoms with van der Waals surface area (Å²) in [4.78, 5) is 28.5. The van der Waals surface area contributed by atoms with Crippen LogP contribution in [-0.4, -0.2) is 20.8 Å². The van der Waals surface area contributed by atoms with Gasteiger partial charge in [0.15, 0.2) is 0 Å². The van der Waals surface area contributed by atoms with Gasteiger partial charge in [0, 0.05) is 16.1 Å². The van der Waals surface area contributed by atoms with Crippen LogP contribution in [0.4, 0.5) is 5.69 Å². The first-order valence-electron chi connectivity index (χ1n) is 10.0. The molecule has 0 unspecified atom stereocenters. The molecule has 9 heteroatoms. The van der Waals surface area contributed by atoms with E-state index in [0.29, 0.717) is 22.3 Å². The maximum Gasteiger partial charge on any atom is 0.311 e. The van der Waals surface area contributed by atoms with Gasteiger partial charge in [-0.1, -0.05) is 51.8 Å². The van der Waals surface area contributed by atoms with Crippen molar-refractivity contribution in [2.45, 2.75) is 20.5 Å². The SMILES string of the molecule is Cc1cccc(COc2c(C=Nn3c(C)nc4ccc(Br)cc4c3=O)cccc2[N+](=O)[O-])c1. The highest BCUT2D eigenvalue weighted by molar-refractivity contribution is 9.10. The number of aromatic nitrogens is 2. The molecule has 1 heterocycles. The molecule has 0 radical (unpaired) electrons. The quantitative estimate of drug-likeness (QED) is 0.204. The Bertz CT molecular complexity index is 1460. The molecule has 0 N–H and O–H groups in total. The summed E-state index contributed by atoms with van der Waals surface area (Å²) in [7, 11) is 0. The van der Waals surface area contributed by atoms with E-state index < -0.39 is 4.92 Å². The number of hydrogen-bond donors (Lipinski definition) is 0. The Morgan fingerprint density at radius 3 is 2.70 bits per heavy atom. The number of benzene rings is 3. The topological polar surface area (TPSA) is 99.6 Å². The number of ether oxygens (including phenoxy) is 1. The van der Waals surface area contributed by atoms with Gasteiger partial charge < -0.3 is 4.74 Å². The third kappa shape index (κ3) is 4.83. The molecule has 33 heavy (non-hydrogen) atoms. The minimum Gasteiger partial charge on any atom is -0.481 e. The fourth-order valence-corrected chi connectivity index (χ4v) is 3.78. The van der Waals surface area contributed by atoms with Crippen molar-refractivity contribution < 1.29 is 9.66 Å². The number of halogens is 1. The van der Waals surface area contributed by atoms with Crippen molar-refractivity contribution in [2.24, 2.45) is 5.10 Å². The van der Waals surface area contributed by atoms with Crippen LogP contribution in [-0.2, 0) is 6.61 Å². The van der Waals surface area contributed by atoms with Crippen LogP contribution < -0.4 is 10.3 Å². The summed E-state index contributed by atoms with van der Waals surface area (Å²) in [6, 6.07) is 17.5. The highest BCUT2D eigenvalue weighted by atomic mass is 79.9. The summed E-state index contributed by atoms with van der Waals surface area (Å²) < 4.78 is 7.78. The van der Waals surface area contributed by atoms with Crippen LogP contribution in [0.25, 0.3) is 10.9 Å². The van der Waals surface area contributed by atoms with E-state index in [9.17, 15) is 14.9 Å². The zero-order valence-electron chi connectivity index (χ0n) is 17.9. The monoisotopic (exact) mass is 506 g/mol. The molecule has 3 aromatic carbocycles. The van der Waals surface area contributed by atoms with E-state index in [1.807, 2.05) is 37.3 Å². The van der Waals surface area contributed by atoms with Crippen molar-refractivity contribution in [3.63, 3.8) is 0 Å². The highest BCUT2D eigenvalue weighted by Crippen LogP contribution is 2.31. The van der Waals surface area contributed by atoms with Crippen LogP contribution in [0.15, 0.2) is 75.0 Å². The first kappa shape index (κ1) is 22.3. The Balaban J connectivity index is 1.74. The number of hydrogen-bond acceptors (Lipinski definition) is 6. The smallest absolute Gasteiger partial charge is 0.311 e. The number of nitro groups is 1. The van der Waals surface area contributed by atoms with Crippen LogP contribution in [0.3, 0.4) is 0 Å². The lowest BCUT2D eigenvalue weighted by Crippen LogP contribution is -2.20. The van der Waals surface area contributed by atoms with E-state index >= 15 is 0 Å². The molecule has 0 atom stereocenters. The predicted octanol–water partition coefficient (Wildman–Crippen LogP) is 5.15. The Morgan fingerprint density at radius 2 is 1.94 bits per heavy atom. The zero-order chi connectivity index (χ0) is 23.5. The lowest BCUT2D eigenvalue weighted by Gasteiger charge is -2.10. The molecular formula is C24H19BrN4O4. The molecular weight excluding hydrogens is 488 g/mol. The Hall–Kier alpha value is -3.85. The largest absolute Gasteiger partial charge is 0.481 e. The van der Waals surface area contributed by atoms with Gasteiger partial charge in [-0.2, -0.15) is 9.78 Å². The van der Waals surface area contributed by atoms with Crippen LogP contribution in [0, 0.1) is 24.0 Å². The fraction of sp³-hybridized carbons (Fsp3) is 0.125. The molecule has 0 aliphatic rings. The van der Waals surface area contributed by atoms with Crippen molar-refractivity contribution in [1.82, 2.24) is 9.66 Å². The molecule has 0 saturated carbocycles. The number of rotatable bonds is 6. The number of nitro benzene ring substituents is 1. The van der Waals surface area contributed by atoms with E-state index in [0.717, 1.165) is 20.3 Å². The summed E-state index contributed by atoms with van der Waals surface area (Å²) in [5.74, 6) is 0.466. The van der Waals surface area contributed by atoms with Crippen molar-refractivity contribution in [3.8, 4) is 5.75 Å². The molecule has 0 aliphatic heterocycles. The zero-order valence-corrected chi connectivity index (χ0v) is 19.4. The van der Waals surface area contributed by atoms with Gasteiger partial charge in [-0.15, -0.1) is 0 Å². The van der Waals surface area contributed by atoms with Gasteiger partial charge >= 0.3 is 5.69 Å². The summed E-state index contributed by atoms with van der Waals surface area (Å²) in [5.41, 5.74) is 2.35. The first-order chi connectivity index (χ1) is 15.8. The van der Waals surface area contributed by atoms with Crippen LogP contribution in [0.1, 0.15) is 22.5 Å². The van der Waals surface area contributed by atoms with Crippen LogP contribution >= 0.6 is 15.9 Å². The third-order valence-corrected chi connectivity index (χ3v) is 5.46. The number of fused-ring (bicyclic) bond motifs is 1. The maximum atomic E-state index is 13.0. The summed E-state index contributed by atoms with van der Waals surface area (Å²) in [5, 5.41) is 16.3. The van der Waals surface area contributed by atoms with Gasteiger partial charge in [0.25, 0.3) is 5.56 Å². The third-order valence-electron chi connectivity index (χ3n) is 4.97. The normalized spacial score (nSPS) is 11.2. The molecule has 0 saturated heterocycles. The van der Waals surface area contributed by atoms with Crippen molar-refractivity contribution >= 4 is 38.7 Å². The van der Waals surface area contributed by atoms with Crippen molar-refractivity contribution in [2.75, 3.05) is 0 Å². The average molecular weight is 507 g/mol.